The van der Waals surface area contributed by atoms with Crippen molar-refractivity contribution in [2.75, 3.05) is 26.7 Å². The summed E-state index contributed by atoms with van der Waals surface area (Å²) in [6.07, 6.45) is 0.174. The Kier molecular flexibility index (Phi) is 6.14. The van der Waals surface area contributed by atoms with E-state index in [9.17, 15) is 9.18 Å². The summed E-state index contributed by atoms with van der Waals surface area (Å²) in [5.41, 5.74) is 0.634. The summed E-state index contributed by atoms with van der Waals surface area (Å²) < 4.78 is 18.2. The van der Waals surface area contributed by atoms with Crippen LogP contribution in [0.25, 0.3) is 0 Å². The van der Waals surface area contributed by atoms with Gasteiger partial charge in [-0.15, -0.1) is 0 Å². The Bertz CT molecular complexity index is 397. The van der Waals surface area contributed by atoms with Crippen LogP contribution >= 0.6 is 0 Å². The molecule has 0 spiro atoms. The van der Waals surface area contributed by atoms with Gasteiger partial charge in [0.05, 0.1) is 13.5 Å². The fraction of sp³-hybridized carbons (Fsp3) is 0.462. The first-order valence-electron chi connectivity index (χ1n) is 5.97. The highest BCUT2D eigenvalue weighted by molar-refractivity contribution is 5.78. The van der Waals surface area contributed by atoms with Gasteiger partial charge in [0.25, 0.3) is 0 Å². The highest BCUT2D eigenvalue weighted by atomic mass is 19.1. The van der Waals surface area contributed by atoms with E-state index in [1.807, 2.05) is 6.92 Å². The molecule has 100 valence electrons. The number of carbonyl (C=O) groups excluding carboxylic acids is 1. The molecule has 0 aliphatic rings. The highest BCUT2D eigenvalue weighted by Crippen LogP contribution is 2.17. The second-order valence-electron chi connectivity index (χ2n) is 3.85. The molecule has 4 nitrogen and oxygen atoms in total. The van der Waals surface area contributed by atoms with E-state index in [0.717, 1.165) is 13.1 Å². The molecule has 0 fully saturated rings. The summed E-state index contributed by atoms with van der Waals surface area (Å²) >= 11 is 0. The maximum absolute atomic E-state index is 13.4. The molecule has 0 aliphatic carbocycles. The topological polar surface area (TPSA) is 50.4 Å². The molecule has 5 heteroatoms. The number of ether oxygens (including phenoxy) is 1. The minimum Gasteiger partial charge on any atom is -0.494 e. The molecule has 1 aromatic carbocycles. The summed E-state index contributed by atoms with van der Waals surface area (Å²) in [7, 11) is 1.41. The Morgan fingerprint density at radius 1 is 1.39 bits per heavy atom. The minimum absolute atomic E-state index is 0.113. The molecule has 0 aliphatic heterocycles. The fourth-order valence-electron chi connectivity index (χ4n) is 1.53. The monoisotopic (exact) mass is 254 g/mol. The predicted molar refractivity (Wildman–Crippen MR) is 68.2 cm³/mol. The van der Waals surface area contributed by atoms with Crippen LogP contribution in [0.3, 0.4) is 0 Å². The van der Waals surface area contributed by atoms with Gasteiger partial charge in [-0.3, -0.25) is 4.79 Å². The van der Waals surface area contributed by atoms with Crippen molar-refractivity contribution in [3.8, 4) is 5.75 Å². The van der Waals surface area contributed by atoms with Crippen molar-refractivity contribution in [3.63, 3.8) is 0 Å². The third-order valence-electron chi connectivity index (χ3n) is 2.45. The Morgan fingerprint density at radius 2 is 2.17 bits per heavy atom. The van der Waals surface area contributed by atoms with Gasteiger partial charge in [-0.2, -0.15) is 0 Å². The Morgan fingerprint density at radius 3 is 2.78 bits per heavy atom. The second-order valence-corrected chi connectivity index (χ2v) is 3.85. The second kappa shape index (κ2) is 7.66. The SMILES string of the molecule is CCNCCNC(=O)Cc1ccc(OC)c(F)c1. The first kappa shape index (κ1) is 14.4. The quantitative estimate of drug-likeness (QED) is 0.716. The highest BCUT2D eigenvalue weighted by Gasteiger charge is 2.07. The van der Waals surface area contributed by atoms with Gasteiger partial charge in [0, 0.05) is 13.1 Å². The molecule has 1 aromatic rings. The number of rotatable bonds is 7. The van der Waals surface area contributed by atoms with E-state index >= 15 is 0 Å². The van der Waals surface area contributed by atoms with Crippen LogP contribution in [0.4, 0.5) is 4.39 Å². The average molecular weight is 254 g/mol. The molecule has 0 bridgehead atoms. The third kappa shape index (κ3) is 4.71. The van der Waals surface area contributed by atoms with Crippen LogP contribution in [-0.2, 0) is 11.2 Å². The van der Waals surface area contributed by atoms with E-state index in [2.05, 4.69) is 10.6 Å². The van der Waals surface area contributed by atoms with Gasteiger partial charge in [0.1, 0.15) is 0 Å². The lowest BCUT2D eigenvalue weighted by Crippen LogP contribution is -2.32. The lowest BCUT2D eigenvalue weighted by Gasteiger charge is -2.07. The number of likely N-dealkylation sites (N-methyl/N-ethyl adjacent to an activating group) is 1. The van der Waals surface area contributed by atoms with Crippen molar-refractivity contribution in [1.82, 2.24) is 10.6 Å². The predicted octanol–water partition coefficient (Wildman–Crippen LogP) is 1.10. The summed E-state index contributed by atoms with van der Waals surface area (Å²) in [5.74, 6) is -0.376. The van der Waals surface area contributed by atoms with E-state index in [-0.39, 0.29) is 18.1 Å². The van der Waals surface area contributed by atoms with Crippen LogP contribution in [-0.4, -0.2) is 32.7 Å². The molecule has 1 rings (SSSR count). The first-order valence-corrected chi connectivity index (χ1v) is 5.97. The van der Waals surface area contributed by atoms with E-state index in [1.165, 1.54) is 19.2 Å². The molecule has 0 saturated carbocycles. The normalized spacial score (nSPS) is 10.2. The molecule has 0 heterocycles. The standard InChI is InChI=1S/C13H19FN2O2/c1-3-15-6-7-16-13(17)9-10-4-5-12(18-2)11(14)8-10/h4-5,8,15H,3,6-7,9H2,1-2H3,(H,16,17). The summed E-state index contributed by atoms with van der Waals surface area (Å²) in [6, 6.07) is 4.53. The molecule has 0 atom stereocenters. The number of amides is 1. The Balaban J connectivity index is 2.42. The van der Waals surface area contributed by atoms with Crippen LogP contribution in [0.2, 0.25) is 0 Å². The van der Waals surface area contributed by atoms with Crippen LogP contribution < -0.4 is 15.4 Å². The number of nitrogens with one attached hydrogen (secondary N) is 2. The smallest absolute Gasteiger partial charge is 0.224 e. The van der Waals surface area contributed by atoms with E-state index < -0.39 is 5.82 Å². The van der Waals surface area contributed by atoms with Crippen LogP contribution in [0, 0.1) is 5.82 Å². The lowest BCUT2D eigenvalue weighted by molar-refractivity contribution is -0.120. The van der Waals surface area contributed by atoms with Crippen LogP contribution in [0.15, 0.2) is 18.2 Å². The Hall–Kier alpha value is -1.62. The van der Waals surface area contributed by atoms with Gasteiger partial charge in [-0.25, -0.2) is 4.39 Å². The third-order valence-corrected chi connectivity index (χ3v) is 2.45. The summed E-state index contributed by atoms with van der Waals surface area (Å²) in [6.45, 7) is 4.19. The van der Waals surface area contributed by atoms with Crippen LogP contribution in [0.5, 0.6) is 5.75 Å². The van der Waals surface area contributed by atoms with Gasteiger partial charge < -0.3 is 15.4 Å². The number of hydrogen-bond acceptors (Lipinski definition) is 3. The maximum Gasteiger partial charge on any atom is 0.224 e. The fourth-order valence-corrected chi connectivity index (χ4v) is 1.53. The first-order chi connectivity index (χ1) is 8.67. The largest absolute Gasteiger partial charge is 0.494 e. The molecular weight excluding hydrogens is 235 g/mol. The van der Waals surface area contributed by atoms with Gasteiger partial charge in [-0.1, -0.05) is 13.0 Å². The lowest BCUT2D eigenvalue weighted by atomic mass is 10.1. The van der Waals surface area contributed by atoms with Crippen molar-refractivity contribution in [1.29, 1.82) is 0 Å². The molecule has 18 heavy (non-hydrogen) atoms. The maximum atomic E-state index is 13.4. The zero-order chi connectivity index (χ0) is 13.4. The molecule has 0 aromatic heterocycles. The van der Waals surface area contributed by atoms with E-state index in [0.29, 0.717) is 12.1 Å². The van der Waals surface area contributed by atoms with Crippen molar-refractivity contribution >= 4 is 5.91 Å². The van der Waals surface area contributed by atoms with Crippen LogP contribution in [0.1, 0.15) is 12.5 Å². The number of hydrogen-bond donors (Lipinski definition) is 2. The van der Waals surface area contributed by atoms with Crippen molar-refractivity contribution in [2.24, 2.45) is 0 Å². The minimum atomic E-state index is -0.449. The zero-order valence-electron chi connectivity index (χ0n) is 10.8. The van der Waals surface area contributed by atoms with Crippen molar-refractivity contribution in [2.45, 2.75) is 13.3 Å². The molecule has 0 saturated heterocycles. The molecule has 0 radical (unpaired) electrons. The zero-order valence-corrected chi connectivity index (χ0v) is 10.8. The van der Waals surface area contributed by atoms with E-state index in [4.69, 9.17) is 4.74 Å². The van der Waals surface area contributed by atoms with Gasteiger partial charge in [-0.05, 0) is 24.2 Å². The summed E-state index contributed by atoms with van der Waals surface area (Å²) in [5, 5.41) is 5.86. The number of benzene rings is 1. The summed E-state index contributed by atoms with van der Waals surface area (Å²) in [4.78, 5) is 11.5. The molecular formula is C13H19FN2O2. The molecule has 2 N–H and O–H groups in total. The van der Waals surface area contributed by atoms with Gasteiger partial charge in [0.2, 0.25) is 5.91 Å². The number of halogens is 1. The average Bonchev–Trinajstić information content (AvgIpc) is 2.35. The van der Waals surface area contributed by atoms with E-state index in [1.54, 1.807) is 6.07 Å². The van der Waals surface area contributed by atoms with Crippen molar-refractivity contribution in [3.05, 3.63) is 29.6 Å². The van der Waals surface area contributed by atoms with Gasteiger partial charge >= 0.3 is 0 Å². The number of carbonyl (C=O) groups is 1. The van der Waals surface area contributed by atoms with Gasteiger partial charge in [0.15, 0.2) is 11.6 Å². The number of methoxy groups -OCH3 is 1. The van der Waals surface area contributed by atoms with Crippen molar-refractivity contribution < 1.29 is 13.9 Å². The Labute approximate surface area is 107 Å². The molecule has 0 unspecified atom stereocenters. The molecule has 1 amide bonds.